The maximum atomic E-state index is 12.0. The Morgan fingerprint density at radius 2 is 2.00 bits per heavy atom. The predicted molar refractivity (Wildman–Crippen MR) is 86.1 cm³/mol. The van der Waals surface area contributed by atoms with Crippen molar-refractivity contribution in [2.75, 3.05) is 5.32 Å². The van der Waals surface area contributed by atoms with Gasteiger partial charge in [0.05, 0.1) is 18.0 Å². The average Bonchev–Trinajstić information content (AvgIpc) is 2.82. The Labute approximate surface area is 132 Å². The number of carbonyl (C=O) groups is 1. The summed E-state index contributed by atoms with van der Waals surface area (Å²) < 4.78 is 6.47. The number of aromatic nitrogens is 1. The minimum atomic E-state index is -0.866. The van der Waals surface area contributed by atoms with E-state index in [4.69, 9.17) is 4.42 Å². The molecule has 1 amide bonds. The summed E-state index contributed by atoms with van der Waals surface area (Å²) in [6.45, 7) is 0. The van der Waals surface area contributed by atoms with Gasteiger partial charge in [0, 0.05) is 18.8 Å². The van der Waals surface area contributed by atoms with Crippen molar-refractivity contribution < 1.29 is 14.3 Å². The van der Waals surface area contributed by atoms with E-state index in [1.807, 2.05) is 18.2 Å². The van der Waals surface area contributed by atoms with Crippen LogP contribution in [0.2, 0.25) is 0 Å². The average molecular weight is 312 g/mol. The fourth-order valence-corrected chi connectivity index (χ4v) is 2.39. The van der Waals surface area contributed by atoms with Crippen molar-refractivity contribution in [2.24, 2.45) is 7.05 Å². The van der Waals surface area contributed by atoms with Crippen LogP contribution in [0, 0.1) is 0 Å². The van der Waals surface area contributed by atoms with Crippen molar-refractivity contribution in [3.05, 3.63) is 64.6 Å². The van der Waals surface area contributed by atoms with Crippen molar-refractivity contribution >= 4 is 22.7 Å². The molecule has 0 saturated carbocycles. The fraction of sp³-hybridized carbons (Fsp3) is 0.176. The van der Waals surface area contributed by atoms with Crippen LogP contribution >= 0.6 is 0 Å². The van der Waals surface area contributed by atoms with Crippen molar-refractivity contribution in [2.45, 2.75) is 12.5 Å². The van der Waals surface area contributed by atoms with E-state index in [1.54, 1.807) is 37.4 Å². The first-order valence-electron chi connectivity index (χ1n) is 7.17. The van der Waals surface area contributed by atoms with E-state index in [2.05, 4.69) is 5.32 Å². The fourth-order valence-electron chi connectivity index (χ4n) is 2.39. The highest BCUT2D eigenvalue weighted by atomic mass is 16.4. The van der Waals surface area contributed by atoms with E-state index in [9.17, 15) is 14.7 Å². The smallest absolute Gasteiger partial charge is 0.408 e. The molecule has 0 aliphatic heterocycles. The molecule has 0 saturated heterocycles. The topological polar surface area (TPSA) is 84.5 Å². The molecule has 3 aromatic rings. The van der Waals surface area contributed by atoms with Gasteiger partial charge in [0.25, 0.3) is 0 Å². The second kappa shape index (κ2) is 6.10. The summed E-state index contributed by atoms with van der Waals surface area (Å²) in [7, 11) is 1.61. The molecule has 0 aliphatic rings. The Morgan fingerprint density at radius 1 is 1.26 bits per heavy atom. The lowest BCUT2D eigenvalue weighted by atomic mass is 10.1. The number of hydrogen-bond acceptors (Lipinski definition) is 4. The number of carbonyl (C=O) groups excluding carboxylic acids is 1. The van der Waals surface area contributed by atoms with Crippen LogP contribution in [-0.4, -0.2) is 15.6 Å². The van der Waals surface area contributed by atoms with Crippen LogP contribution in [-0.2, 0) is 11.8 Å². The quantitative estimate of drug-likeness (QED) is 0.773. The van der Waals surface area contributed by atoms with E-state index in [0.717, 1.165) is 0 Å². The molecule has 0 aliphatic carbocycles. The zero-order chi connectivity index (χ0) is 16.4. The van der Waals surface area contributed by atoms with E-state index < -0.39 is 11.9 Å². The largest absolute Gasteiger partial charge is 0.419 e. The molecule has 0 radical (unpaired) electrons. The highest BCUT2D eigenvalue weighted by molar-refractivity contribution is 5.93. The second-order valence-corrected chi connectivity index (χ2v) is 5.29. The van der Waals surface area contributed by atoms with E-state index in [1.165, 1.54) is 4.57 Å². The molecule has 23 heavy (non-hydrogen) atoms. The number of hydrogen-bond donors (Lipinski definition) is 2. The molecule has 118 valence electrons. The van der Waals surface area contributed by atoms with Crippen LogP contribution < -0.4 is 11.1 Å². The molecule has 1 heterocycles. The van der Waals surface area contributed by atoms with Gasteiger partial charge in [0.2, 0.25) is 5.91 Å². The number of aliphatic hydroxyl groups excluding tert-OH is 1. The Balaban J connectivity index is 1.71. The van der Waals surface area contributed by atoms with Crippen molar-refractivity contribution in [3.8, 4) is 0 Å². The number of fused-ring (bicyclic) bond motifs is 1. The number of nitrogens with zero attached hydrogens (tertiary/aromatic N) is 1. The van der Waals surface area contributed by atoms with Gasteiger partial charge in [-0.3, -0.25) is 9.36 Å². The summed E-state index contributed by atoms with van der Waals surface area (Å²) in [6.07, 6.45) is -0.921. The van der Waals surface area contributed by atoms with E-state index in [0.29, 0.717) is 22.4 Å². The van der Waals surface area contributed by atoms with Gasteiger partial charge in [0.15, 0.2) is 5.58 Å². The standard InChI is InChI=1S/C17H16N2O4/c1-19-13-8-7-12(9-15(13)23-17(19)22)18-16(21)10-14(20)11-5-3-2-4-6-11/h2-9,14,20H,10H2,1H3,(H,18,21). The van der Waals surface area contributed by atoms with Gasteiger partial charge in [-0.2, -0.15) is 0 Å². The second-order valence-electron chi connectivity index (χ2n) is 5.29. The van der Waals surface area contributed by atoms with Gasteiger partial charge in [-0.25, -0.2) is 4.79 Å². The van der Waals surface area contributed by atoms with Gasteiger partial charge >= 0.3 is 5.76 Å². The van der Waals surface area contributed by atoms with Crippen LogP contribution in [0.5, 0.6) is 0 Å². The maximum Gasteiger partial charge on any atom is 0.419 e. The first-order valence-corrected chi connectivity index (χ1v) is 7.17. The van der Waals surface area contributed by atoms with Crippen LogP contribution in [0.4, 0.5) is 5.69 Å². The molecule has 3 rings (SSSR count). The lowest BCUT2D eigenvalue weighted by molar-refractivity contribution is -0.118. The Morgan fingerprint density at radius 3 is 2.74 bits per heavy atom. The minimum absolute atomic E-state index is 0.0548. The predicted octanol–water partition coefficient (Wildman–Crippen LogP) is 2.19. The molecule has 0 bridgehead atoms. The van der Waals surface area contributed by atoms with E-state index in [-0.39, 0.29) is 12.3 Å². The Bertz CT molecular complexity index is 896. The zero-order valence-corrected chi connectivity index (χ0v) is 12.5. The molecular formula is C17H16N2O4. The summed E-state index contributed by atoms with van der Waals surface area (Å²) in [5.74, 6) is -0.776. The number of rotatable bonds is 4. The summed E-state index contributed by atoms with van der Waals surface area (Å²) in [5, 5.41) is 12.7. The van der Waals surface area contributed by atoms with Gasteiger partial charge in [-0.1, -0.05) is 30.3 Å². The number of aliphatic hydroxyl groups is 1. The molecule has 1 aromatic heterocycles. The highest BCUT2D eigenvalue weighted by Crippen LogP contribution is 2.20. The zero-order valence-electron chi connectivity index (χ0n) is 12.5. The number of nitrogens with one attached hydrogen (secondary N) is 1. The van der Waals surface area contributed by atoms with Gasteiger partial charge < -0.3 is 14.8 Å². The highest BCUT2D eigenvalue weighted by Gasteiger charge is 2.14. The van der Waals surface area contributed by atoms with Crippen molar-refractivity contribution in [1.82, 2.24) is 4.57 Å². The molecule has 2 N–H and O–H groups in total. The number of aryl methyl sites for hydroxylation is 1. The Kier molecular flexibility index (Phi) is 3.99. The monoisotopic (exact) mass is 312 g/mol. The first kappa shape index (κ1) is 15.1. The molecule has 0 fully saturated rings. The molecule has 6 nitrogen and oxygen atoms in total. The third-order valence-corrected chi connectivity index (χ3v) is 3.64. The number of anilines is 1. The molecular weight excluding hydrogens is 296 g/mol. The normalized spacial score (nSPS) is 12.3. The summed E-state index contributed by atoms with van der Waals surface area (Å²) in [4.78, 5) is 23.5. The SMILES string of the molecule is Cn1c(=O)oc2cc(NC(=O)CC(O)c3ccccc3)ccc21. The van der Waals surface area contributed by atoms with Gasteiger partial charge in [0.1, 0.15) is 0 Å². The van der Waals surface area contributed by atoms with Crippen molar-refractivity contribution in [1.29, 1.82) is 0 Å². The lowest BCUT2D eigenvalue weighted by Crippen LogP contribution is -2.15. The molecule has 6 heteroatoms. The summed E-state index contributed by atoms with van der Waals surface area (Å²) in [6, 6.07) is 14.0. The first-order chi connectivity index (χ1) is 11.0. The van der Waals surface area contributed by atoms with Crippen LogP contribution in [0.3, 0.4) is 0 Å². The van der Waals surface area contributed by atoms with E-state index >= 15 is 0 Å². The molecule has 2 aromatic carbocycles. The van der Waals surface area contributed by atoms with Crippen LogP contribution in [0.15, 0.2) is 57.7 Å². The Hall–Kier alpha value is -2.86. The third kappa shape index (κ3) is 3.17. The minimum Gasteiger partial charge on any atom is -0.408 e. The van der Waals surface area contributed by atoms with Gasteiger partial charge in [-0.05, 0) is 17.7 Å². The number of benzene rings is 2. The van der Waals surface area contributed by atoms with Crippen LogP contribution in [0.1, 0.15) is 18.1 Å². The third-order valence-electron chi connectivity index (χ3n) is 3.64. The molecule has 0 spiro atoms. The number of amides is 1. The van der Waals surface area contributed by atoms with Crippen LogP contribution in [0.25, 0.3) is 11.1 Å². The maximum absolute atomic E-state index is 12.0. The molecule has 1 atom stereocenters. The summed E-state index contributed by atoms with van der Waals surface area (Å²) >= 11 is 0. The summed E-state index contributed by atoms with van der Waals surface area (Å²) in [5.41, 5.74) is 2.25. The lowest BCUT2D eigenvalue weighted by Gasteiger charge is -2.11. The number of oxazole rings is 1. The molecule has 1 unspecified atom stereocenters. The van der Waals surface area contributed by atoms with Crippen molar-refractivity contribution in [3.63, 3.8) is 0 Å². The van der Waals surface area contributed by atoms with Gasteiger partial charge in [-0.15, -0.1) is 0 Å².